The van der Waals surface area contributed by atoms with Crippen molar-refractivity contribution in [2.45, 2.75) is 32.5 Å². The van der Waals surface area contributed by atoms with E-state index in [1.54, 1.807) is 41.3 Å². The molecule has 1 aliphatic rings. The summed E-state index contributed by atoms with van der Waals surface area (Å²) in [5, 5.41) is 16.5. The molecule has 3 atom stereocenters. The van der Waals surface area contributed by atoms with Crippen molar-refractivity contribution in [2.75, 3.05) is 37.4 Å². The van der Waals surface area contributed by atoms with Crippen LogP contribution in [0.4, 0.5) is 16.2 Å². The van der Waals surface area contributed by atoms with Crippen LogP contribution in [-0.4, -0.2) is 65.7 Å². The standard InChI is InChI=1S/C30H34Cl2N4O4/c1-19-15-36(20(2)18-37)29(38)24-14-23(34-30(39)33-22-7-5-4-6-8-22)10-12-27(24)40-28(19)17-35(3)16-21-9-11-25(31)26(32)13-21/h4-14,19-20,28,37H,15-18H2,1-3H3,(H2,33,34,39)/t19-,20+,28+/m0/s1. The summed E-state index contributed by atoms with van der Waals surface area (Å²) in [4.78, 5) is 30.0. The molecule has 0 saturated heterocycles. The molecule has 1 heterocycles. The number of hydrogen-bond donors (Lipinski definition) is 3. The Kier molecular flexibility index (Phi) is 9.92. The van der Waals surface area contributed by atoms with E-state index in [-0.39, 0.29) is 24.5 Å². The van der Waals surface area contributed by atoms with Gasteiger partial charge in [0.1, 0.15) is 11.9 Å². The predicted molar refractivity (Wildman–Crippen MR) is 159 cm³/mol. The van der Waals surface area contributed by atoms with Crippen LogP contribution in [0.1, 0.15) is 29.8 Å². The molecule has 0 bridgehead atoms. The number of aliphatic hydroxyl groups is 1. The molecule has 1 aliphatic heterocycles. The van der Waals surface area contributed by atoms with Crippen molar-refractivity contribution in [1.29, 1.82) is 0 Å². The van der Waals surface area contributed by atoms with Crippen molar-refractivity contribution >= 4 is 46.5 Å². The quantitative estimate of drug-likeness (QED) is 0.302. The van der Waals surface area contributed by atoms with Crippen molar-refractivity contribution in [1.82, 2.24) is 9.80 Å². The SMILES string of the molecule is C[C@H](CO)N1C[C@H](C)[C@@H](CN(C)Cc2ccc(Cl)c(Cl)c2)Oc2ccc(NC(=O)Nc3ccccc3)cc2C1=O. The maximum atomic E-state index is 13.7. The number of para-hydroxylation sites is 1. The Hall–Kier alpha value is -3.30. The smallest absolute Gasteiger partial charge is 0.323 e. The molecule has 212 valence electrons. The molecule has 0 fully saturated rings. The van der Waals surface area contributed by atoms with E-state index >= 15 is 0 Å². The average Bonchev–Trinajstić information content (AvgIpc) is 2.93. The Labute approximate surface area is 244 Å². The van der Waals surface area contributed by atoms with Gasteiger partial charge in [0.25, 0.3) is 5.91 Å². The molecule has 3 N–H and O–H groups in total. The maximum absolute atomic E-state index is 13.7. The van der Waals surface area contributed by atoms with Crippen LogP contribution in [0.2, 0.25) is 10.0 Å². The largest absolute Gasteiger partial charge is 0.488 e. The lowest BCUT2D eigenvalue weighted by Crippen LogP contribution is -2.49. The summed E-state index contributed by atoms with van der Waals surface area (Å²) in [6.45, 7) is 5.29. The van der Waals surface area contributed by atoms with E-state index in [2.05, 4.69) is 15.5 Å². The normalized spacial score (nSPS) is 17.9. The summed E-state index contributed by atoms with van der Waals surface area (Å²) in [6, 6.07) is 18.9. The van der Waals surface area contributed by atoms with Gasteiger partial charge in [-0.05, 0) is 62.0 Å². The maximum Gasteiger partial charge on any atom is 0.323 e. The third-order valence-electron chi connectivity index (χ3n) is 6.88. The van der Waals surface area contributed by atoms with Gasteiger partial charge in [0.2, 0.25) is 0 Å². The van der Waals surface area contributed by atoms with Crippen molar-refractivity contribution in [3.05, 3.63) is 87.9 Å². The van der Waals surface area contributed by atoms with E-state index in [1.807, 2.05) is 51.2 Å². The van der Waals surface area contributed by atoms with E-state index in [1.165, 1.54) is 0 Å². The number of fused-ring (bicyclic) bond motifs is 1. The van der Waals surface area contributed by atoms with E-state index < -0.39 is 12.1 Å². The van der Waals surface area contributed by atoms with Gasteiger partial charge in [-0.3, -0.25) is 9.69 Å². The Morgan fingerprint density at radius 3 is 2.50 bits per heavy atom. The van der Waals surface area contributed by atoms with Gasteiger partial charge < -0.3 is 25.4 Å². The number of nitrogens with one attached hydrogen (secondary N) is 2. The number of halogens is 2. The van der Waals surface area contributed by atoms with E-state index in [0.29, 0.717) is 52.4 Å². The summed E-state index contributed by atoms with van der Waals surface area (Å²) in [6.07, 6.45) is -0.256. The molecular weight excluding hydrogens is 551 g/mol. The van der Waals surface area contributed by atoms with Crippen LogP contribution in [0.3, 0.4) is 0 Å². The van der Waals surface area contributed by atoms with Gasteiger partial charge in [-0.15, -0.1) is 0 Å². The second kappa shape index (κ2) is 13.4. The van der Waals surface area contributed by atoms with Crippen LogP contribution in [0, 0.1) is 5.92 Å². The van der Waals surface area contributed by atoms with Crippen molar-refractivity contribution in [2.24, 2.45) is 5.92 Å². The van der Waals surface area contributed by atoms with Crippen LogP contribution in [0.5, 0.6) is 5.75 Å². The lowest BCUT2D eigenvalue weighted by molar-refractivity contribution is 0.0341. The molecule has 3 aromatic carbocycles. The number of aliphatic hydroxyl groups excluding tert-OH is 1. The lowest BCUT2D eigenvalue weighted by atomic mass is 9.99. The van der Waals surface area contributed by atoms with Gasteiger partial charge in [0.15, 0.2) is 0 Å². The van der Waals surface area contributed by atoms with Crippen molar-refractivity contribution in [3.63, 3.8) is 0 Å². The van der Waals surface area contributed by atoms with Crippen LogP contribution < -0.4 is 15.4 Å². The molecule has 0 saturated carbocycles. The number of benzene rings is 3. The molecule has 0 unspecified atom stereocenters. The second-order valence-electron chi connectivity index (χ2n) is 10.2. The number of amides is 3. The highest BCUT2D eigenvalue weighted by atomic mass is 35.5. The number of urea groups is 1. The highest BCUT2D eigenvalue weighted by Crippen LogP contribution is 2.31. The molecule has 10 heteroatoms. The monoisotopic (exact) mass is 584 g/mol. The van der Waals surface area contributed by atoms with Crippen LogP contribution in [-0.2, 0) is 6.54 Å². The fourth-order valence-corrected chi connectivity index (χ4v) is 4.98. The summed E-state index contributed by atoms with van der Waals surface area (Å²) in [5.41, 5.74) is 2.44. The van der Waals surface area contributed by atoms with Gasteiger partial charge in [-0.2, -0.15) is 0 Å². The first-order chi connectivity index (χ1) is 19.1. The highest BCUT2D eigenvalue weighted by Gasteiger charge is 2.33. The lowest BCUT2D eigenvalue weighted by Gasteiger charge is -2.38. The van der Waals surface area contributed by atoms with Crippen molar-refractivity contribution in [3.8, 4) is 5.75 Å². The first kappa shape index (κ1) is 29.7. The van der Waals surface area contributed by atoms with E-state index in [9.17, 15) is 14.7 Å². The molecule has 0 spiro atoms. The Morgan fingerprint density at radius 2 is 1.80 bits per heavy atom. The fraction of sp³-hybridized carbons (Fsp3) is 0.333. The molecule has 3 aromatic rings. The molecule has 8 nitrogen and oxygen atoms in total. The van der Waals surface area contributed by atoms with Gasteiger partial charge >= 0.3 is 6.03 Å². The highest BCUT2D eigenvalue weighted by molar-refractivity contribution is 6.42. The Morgan fingerprint density at radius 1 is 1.07 bits per heavy atom. The number of ether oxygens (including phenoxy) is 1. The first-order valence-electron chi connectivity index (χ1n) is 13.1. The number of likely N-dealkylation sites (N-methyl/N-ethyl adjacent to an activating group) is 1. The zero-order chi connectivity index (χ0) is 28.8. The third kappa shape index (κ3) is 7.46. The first-order valence-corrected chi connectivity index (χ1v) is 13.9. The molecule has 3 amide bonds. The summed E-state index contributed by atoms with van der Waals surface area (Å²) in [5.74, 6) is 0.128. The van der Waals surface area contributed by atoms with Gasteiger partial charge in [-0.1, -0.05) is 54.4 Å². The molecule has 0 aromatic heterocycles. The fourth-order valence-electron chi connectivity index (χ4n) is 4.65. The third-order valence-corrected chi connectivity index (χ3v) is 7.62. The Balaban J connectivity index is 1.56. The van der Waals surface area contributed by atoms with Crippen molar-refractivity contribution < 1.29 is 19.4 Å². The predicted octanol–water partition coefficient (Wildman–Crippen LogP) is 5.99. The minimum Gasteiger partial charge on any atom is -0.488 e. The van der Waals surface area contributed by atoms with Crippen LogP contribution in [0.25, 0.3) is 0 Å². The number of anilines is 2. The molecule has 0 aliphatic carbocycles. The zero-order valence-electron chi connectivity index (χ0n) is 22.7. The summed E-state index contributed by atoms with van der Waals surface area (Å²) >= 11 is 12.3. The van der Waals surface area contributed by atoms with Gasteiger partial charge in [0.05, 0.1) is 28.3 Å². The molecule has 0 radical (unpaired) electrons. The summed E-state index contributed by atoms with van der Waals surface area (Å²) in [7, 11) is 2.00. The molecular formula is C30H34Cl2N4O4. The number of carbonyl (C=O) groups is 2. The molecule has 40 heavy (non-hydrogen) atoms. The van der Waals surface area contributed by atoms with Gasteiger partial charge in [-0.25, -0.2) is 4.79 Å². The topological polar surface area (TPSA) is 94.1 Å². The molecule has 4 rings (SSSR count). The zero-order valence-corrected chi connectivity index (χ0v) is 24.2. The minimum atomic E-state index is -0.429. The number of nitrogens with zero attached hydrogens (tertiary/aromatic N) is 2. The van der Waals surface area contributed by atoms with Crippen LogP contribution >= 0.6 is 23.2 Å². The van der Waals surface area contributed by atoms with Crippen LogP contribution in [0.15, 0.2) is 66.7 Å². The minimum absolute atomic E-state index is 0.0307. The average molecular weight is 586 g/mol. The Bertz CT molecular complexity index is 1340. The number of hydrogen-bond acceptors (Lipinski definition) is 5. The van der Waals surface area contributed by atoms with E-state index in [0.717, 1.165) is 5.56 Å². The second-order valence-corrected chi connectivity index (χ2v) is 11.0. The number of carbonyl (C=O) groups excluding carboxylic acids is 2. The number of rotatable bonds is 8. The van der Waals surface area contributed by atoms with Gasteiger partial charge in [0, 0.05) is 36.9 Å². The van der Waals surface area contributed by atoms with E-state index in [4.69, 9.17) is 27.9 Å². The summed E-state index contributed by atoms with van der Waals surface area (Å²) < 4.78 is 6.46.